The highest BCUT2D eigenvalue weighted by atomic mass is 16.3. The van der Waals surface area contributed by atoms with Gasteiger partial charge in [-0.3, -0.25) is 9.59 Å². The smallest absolute Gasteiger partial charge is 0.261 e. The molecule has 0 radical (unpaired) electrons. The maximum absolute atomic E-state index is 12.2. The minimum atomic E-state index is -0.777. The lowest BCUT2D eigenvalue weighted by Gasteiger charge is -2.46. The topological polar surface area (TPSA) is 73.4 Å². The monoisotopic (exact) mass is 250 g/mol. The summed E-state index contributed by atoms with van der Waals surface area (Å²) < 4.78 is 0. The Morgan fingerprint density at radius 3 is 2.61 bits per heavy atom. The van der Waals surface area contributed by atoms with E-state index in [4.69, 9.17) is 0 Å². The Bertz CT molecular complexity index is 542. The van der Waals surface area contributed by atoms with Gasteiger partial charge in [0.2, 0.25) is 0 Å². The number of nitrogens with one attached hydrogen (secondary N) is 1. The first-order valence-corrected chi connectivity index (χ1v) is 6.08. The van der Waals surface area contributed by atoms with E-state index in [1.54, 1.807) is 19.9 Å². The molecule has 0 aromatic carbocycles. The maximum atomic E-state index is 12.2. The van der Waals surface area contributed by atoms with Crippen LogP contribution in [0.3, 0.4) is 0 Å². The lowest BCUT2D eigenvalue weighted by atomic mass is 9.90. The number of aryl methyl sites for hydroxylation is 2. The van der Waals surface area contributed by atoms with Crippen molar-refractivity contribution in [2.75, 3.05) is 13.1 Å². The van der Waals surface area contributed by atoms with E-state index in [9.17, 15) is 14.7 Å². The second-order valence-corrected chi connectivity index (χ2v) is 5.08. The quantitative estimate of drug-likeness (QED) is 0.806. The van der Waals surface area contributed by atoms with E-state index < -0.39 is 5.60 Å². The standard InChI is InChI=1S/C13H18N2O3/c1-4-13(18)6-15(7-13)12(17)10-8(2)5-9(3)14-11(10)16/h5,18H,4,6-7H2,1-3H3,(H,14,16). The number of β-amino-alcohol motifs (C(OH)–C–C–N with tert-alkyl or cyclic N) is 1. The molecule has 0 spiro atoms. The average Bonchev–Trinajstić information content (AvgIpc) is 2.23. The van der Waals surface area contributed by atoms with E-state index in [1.807, 2.05) is 6.92 Å². The third-order valence-corrected chi connectivity index (χ3v) is 3.49. The Morgan fingerprint density at radius 1 is 1.50 bits per heavy atom. The summed E-state index contributed by atoms with van der Waals surface area (Å²) in [5.74, 6) is -0.299. The zero-order chi connectivity index (χ0) is 13.5. The third kappa shape index (κ3) is 2.06. The van der Waals surface area contributed by atoms with Crippen LogP contribution in [0.1, 0.15) is 35.0 Å². The fraction of sp³-hybridized carbons (Fsp3) is 0.538. The molecule has 18 heavy (non-hydrogen) atoms. The van der Waals surface area contributed by atoms with Crippen molar-refractivity contribution in [2.24, 2.45) is 0 Å². The highest BCUT2D eigenvalue weighted by Gasteiger charge is 2.42. The van der Waals surface area contributed by atoms with Crippen LogP contribution in [0.5, 0.6) is 0 Å². The molecule has 1 amide bonds. The summed E-state index contributed by atoms with van der Waals surface area (Å²) in [6, 6.07) is 1.78. The predicted molar refractivity (Wildman–Crippen MR) is 67.7 cm³/mol. The van der Waals surface area contributed by atoms with Gasteiger partial charge in [0.05, 0.1) is 18.7 Å². The molecule has 1 saturated heterocycles. The lowest BCUT2D eigenvalue weighted by molar-refractivity contribution is -0.0827. The van der Waals surface area contributed by atoms with Crippen molar-refractivity contribution in [3.8, 4) is 0 Å². The van der Waals surface area contributed by atoms with Crippen molar-refractivity contribution in [1.82, 2.24) is 9.88 Å². The summed E-state index contributed by atoms with van der Waals surface area (Å²) in [5.41, 5.74) is 0.459. The first-order chi connectivity index (χ1) is 8.36. The van der Waals surface area contributed by atoms with Crippen LogP contribution in [-0.2, 0) is 0 Å². The molecule has 1 aliphatic rings. The average molecular weight is 250 g/mol. The zero-order valence-electron chi connectivity index (χ0n) is 10.9. The van der Waals surface area contributed by atoms with Gasteiger partial charge in [-0.15, -0.1) is 0 Å². The van der Waals surface area contributed by atoms with Crippen LogP contribution in [0, 0.1) is 13.8 Å². The van der Waals surface area contributed by atoms with Crippen LogP contribution in [0.25, 0.3) is 0 Å². The van der Waals surface area contributed by atoms with Crippen LogP contribution in [0.4, 0.5) is 0 Å². The number of likely N-dealkylation sites (tertiary alicyclic amines) is 1. The van der Waals surface area contributed by atoms with Crippen LogP contribution >= 0.6 is 0 Å². The molecule has 5 heteroatoms. The third-order valence-electron chi connectivity index (χ3n) is 3.49. The van der Waals surface area contributed by atoms with Crippen LogP contribution in [-0.4, -0.2) is 39.6 Å². The Kier molecular flexibility index (Phi) is 3.02. The second-order valence-electron chi connectivity index (χ2n) is 5.08. The number of hydrogen-bond acceptors (Lipinski definition) is 3. The molecule has 1 aromatic heterocycles. The molecule has 0 saturated carbocycles. The number of pyridine rings is 1. The van der Waals surface area contributed by atoms with Gasteiger partial charge in [0.15, 0.2) is 0 Å². The highest BCUT2D eigenvalue weighted by Crippen LogP contribution is 2.25. The normalized spacial score (nSPS) is 17.4. The van der Waals surface area contributed by atoms with E-state index >= 15 is 0 Å². The molecule has 2 N–H and O–H groups in total. The first-order valence-electron chi connectivity index (χ1n) is 6.08. The number of nitrogens with zero attached hydrogens (tertiary/aromatic N) is 1. The molecule has 0 bridgehead atoms. The number of H-pyrrole nitrogens is 1. The molecule has 0 atom stereocenters. The van der Waals surface area contributed by atoms with Gasteiger partial charge in [0.1, 0.15) is 5.56 Å². The van der Waals surface area contributed by atoms with Gasteiger partial charge in [-0.2, -0.15) is 0 Å². The molecule has 2 heterocycles. The van der Waals surface area contributed by atoms with Gasteiger partial charge >= 0.3 is 0 Å². The zero-order valence-corrected chi connectivity index (χ0v) is 10.9. The summed E-state index contributed by atoms with van der Waals surface area (Å²) in [5, 5.41) is 9.89. The fourth-order valence-electron chi connectivity index (χ4n) is 2.31. The molecule has 1 fully saturated rings. The van der Waals surface area contributed by atoms with Crippen molar-refractivity contribution in [2.45, 2.75) is 32.8 Å². The number of carbonyl (C=O) groups excluding carboxylic acids is 1. The van der Waals surface area contributed by atoms with Gasteiger partial charge in [-0.05, 0) is 31.9 Å². The summed E-state index contributed by atoms with van der Waals surface area (Å²) in [6.45, 7) is 6.01. The van der Waals surface area contributed by atoms with Crippen LogP contribution < -0.4 is 5.56 Å². The lowest BCUT2D eigenvalue weighted by Crippen LogP contribution is -2.63. The van der Waals surface area contributed by atoms with E-state index in [2.05, 4.69) is 4.98 Å². The Labute approximate surface area is 105 Å². The number of hydrogen-bond donors (Lipinski definition) is 2. The van der Waals surface area contributed by atoms with E-state index in [0.717, 1.165) is 5.69 Å². The van der Waals surface area contributed by atoms with Crippen molar-refractivity contribution in [3.05, 3.63) is 33.2 Å². The summed E-state index contributed by atoms with van der Waals surface area (Å²) in [7, 11) is 0. The Balaban J connectivity index is 2.24. The molecule has 5 nitrogen and oxygen atoms in total. The minimum absolute atomic E-state index is 0.179. The van der Waals surface area contributed by atoms with Crippen LogP contribution in [0.15, 0.2) is 10.9 Å². The summed E-state index contributed by atoms with van der Waals surface area (Å²) in [4.78, 5) is 28.1. The molecule has 98 valence electrons. The second kappa shape index (κ2) is 4.24. The Hall–Kier alpha value is -1.62. The molecular formula is C13H18N2O3. The van der Waals surface area contributed by atoms with Gasteiger partial charge < -0.3 is 15.0 Å². The van der Waals surface area contributed by atoms with E-state index in [1.165, 1.54) is 4.90 Å². The summed E-state index contributed by atoms with van der Waals surface area (Å²) in [6.07, 6.45) is 0.611. The van der Waals surface area contributed by atoms with E-state index in [0.29, 0.717) is 25.1 Å². The number of carbonyl (C=O) groups is 1. The molecule has 0 aliphatic carbocycles. The Morgan fingerprint density at radius 2 is 2.11 bits per heavy atom. The molecule has 1 aliphatic heterocycles. The molecular weight excluding hydrogens is 232 g/mol. The maximum Gasteiger partial charge on any atom is 0.261 e. The predicted octanol–water partition coefficient (Wildman–Crippen LogP) is 0.589. The number of rotatable bonds is 2. The van der Waals surface area contributed by atoms with Gasteiger partial charge in [-0.25, -0.2) is 0 Å². The number of aromatic nitrogens is 1. The van der Waals surface area contributed by atoms with Crippen molar-refractivity contribution < 1.29 is 9.90 Å². The SMILES string of the molecule is CCC1(O)CN(C(=O)c2c(C)cc(C)[nH]c2=O)C1. The molecule has 0 unspecified atom stereocenters. The highest BCUT2D eigenvalue weighted by molar-refractivity contribution is 5.96. The first kappa shape index (κ1) is 12.8. The fourth-order valence-corrected chi connectivity index (χ4v) is 2.31. The van der Waals surface area contributed by atoms with Gasteiger partial charge in [-0.1, -0.05) is 6.92 Å². The molecule has 2 rings (SSSR count). The van der Waals surface area contributed by atoms with Gasteiger partial charge in [0, 0.05) is 5.69 Å². The number of amides is 1. The van der Waals surface area contributed by atoms with E-state index in [-0.39, 0.29) is 17.0 Å². The largest absolute Gasteiger partial charge is 0.386 e. The van der Waals surface area contributed by atoms with Crippen molar-refractivity contribution in [3.63, 3.8) is 0 Å². The van der Waals surface area contributed by atoms with Crippen LogP contribution in [0.2, 0.25) is 0 Å². The van der Waals surface area contributed by atoms with Crippen molar-refractivity contribution in [1.29, 1.82) is 0 Å². The van der Waals surface area contributed by atoms with Crippen molar-refractivity contribution >= 4 is 5.91 Å². The minimum Gasteiger partial charge on any atom is -0.386 e. The molecule has 1 aromatic rings. The summed E-state index contributed by atoms with van der Waals surface area (Å²) >= 11 is 0. The number of aromatic amines is 1. The number of aliphatic hydroxyl groups is 1. The van der Waals surface area contributed by atoms with Gasteiger partial charge in [0.25, 0.3) is 11.5 Å².